The predicted octanol–water partition coefficient (Wildman–Crippen LogP) is 4.42. The molecule has 7 heteroatoms. The van der Waals surface area contributed by atoms with Crippen LogP contribution in [0.3, 0.4) is 0 Å². The lowest BCUT2D eigenvalue weighted by Gasteiger charge is -2.12. The van der Waals surface area contributed by atoms with E-state index in [-0.39, 0.29) is 10.8 Å². The number of hydrogen-bond acceptors (Lipinski definition) is 2. The fraction of sp³-hybridized carbons (Fsp3) is 0.250. The summed E-state index contributed by atoms with van der Waals surface area (Å²) < 4.78 is 66.0. The third kappa shape index (κ3) is 3.67. The van der Waals surface area contributed by atoms with Crippen LogP contribution < -0.4 is 4.72 Å². The molecule has 0 unspecified atom stereocenters. The van der Waals surface area contributed by atoms with Crippen molar-refractivity contribution in [3.05, 3.63) is 59.4 Å². The number of anilines is 1. The van der Waals surface area contributed by atoms with Crippen LogP contribution in [0, 0.1) is 17.5 Å². The topological polar surface area (TPSA) is 46.2 Å². The quantitative estimate of drug-likeness (QED) is 0.817. The zero-order valence-electron chi connectivity index (χ0n) is 12.6. The van der Waals surface area contributed by atoms with Crippen molar-refractivity contribution in [2.75, 3.05) is 4.72 Å². The molecular formula is C16H16F3NO2S. The molecule has 0 spiro atoms. The molecular weight excluding hydrogens is 327 g/mol. The van der Waals surface area contributed by atoms with Gasteiger partial charge in [-0.1, -0.05) is 26.0 Å². The highest BCUT2D eigenvalue weighted by atomic mass is 32.2. The van der Waals surface area contributed by atoms with Gasteiger partial charge in [0, 0.05) is 0 Å². The molecule has 2 aromatic rings. The highest BCUT2D eigenvalue weighted by Crippen LogP contribution is 2.24. The van der Waals surface area contributed by atoms with E-state index < -0.39 is 33.2 Å². The SMILES string of the molecule is CC[C@@H](C)c1ccc(S(=O)(=O)Nc2ccc(F)c(F)c2F)cc1. The highest BCUT2D eigenvalue weighted by Gasteiger charge is 2.20. The van der Waals surface area contributed by atoms with Gasteiger partial charge in [-0.2, -0.15) is 0 Å². The van der Waals surface area contributed by atoms with Crippen molar-refractivity contribution < 1.29 is 21.6 Å². The van der Waals surface area contributed by atoms with E-state index in [1.807, 2.05) is 18.6 Å². The Bertz CT molecular complexity index is 805. The molecule has 1 N–H and O–H groups in total. The summed E-state index contributed by atoms with van der Waals surface area (Å²) in [5, 5.41) is 0. The molecule has 2 rings (SSSR count). The second-order valence-electron chi connectivity index (χ2n) is 5.21. The molecule has 0 heterocycles. The molecule has 3 nitrogen and oxygen atoms in total. The average molecular weight is 343 g/mol. The maximum atomic E-state index is 13.6. The third-order valence-corrected chi connectivity index (χ3v) is 5.03. The van der Waals surface area contributed by atoms with Crippen molar-refractivity contribution in [2.24, 2.45) is 0 Å². The smallest absolute Gasteiger partial charge is 0.261 e. The lowest BCUT2D eigenvalue weighted by Crippen LogP contribution is -2.15. The van der Waals surface area contributed by atoms with E-state index in [2.05, 4.69) is 0 Å². The van der Waals surface area contributed by atoms with E-state index in [1.54, 1.807) is 12.1 Å². The van der Waals surface area contributed by atoms with Gasteiger partial charge < -0.3 is 0 Å². The Kier molecular flexibility index (Phi) is 4.99. The summed E-state index contributed by atoms with van der Waals surface area (Å²) in [6.07, 6.45) is 0.907. The van der Waals surface area contributed by atoms with E-state index in [4.69, 9.17) is 0 Å². The van der Waals surface area contributed by atoms with Gasteiger partial charge in [-0.3, -0.25) is 4.72 Å². The van der Waals surface area contributed by atoms with Crippen LogP contribution in [0.15, 0.2) is 41.3 Å². The molecule has 0 bridgehead atoms. The average Bonchev–Trinajstić information content (AvgIpc) is 2.54. The van der Waals surface area contributed by atoms with Crippen LogP contribution >= 0.6 is 0 Å². The van der Waals surface area contributed by atoms with E-state index in [1.165, 1.54) is 12.1 Å². The molecule has 0 aliphatic rings. The molecule has 2 aromatic carbocycles. The van der Waals surface area contributed by atoms with Crippen LogP contribution in [0.2, 0.25) is 0 Å². The van der Waals surface area contributed by atoms with E-state index in [0.717, 1.165) is 18.1 Å². The Morgan fingerprint density at radius 2 is 1.61 bits per heavy atom. The van der Waals surface area contributed by atoms with Crippen molar-refractivity contribution in [3.63, 3.8) is 0 Å². The molecule has 0 saturated carbocycles. The summed E-state index contributed by atoms with van der Waals surface area (Å²) in [6, 6.07) is 7.61. The van der Waals surface area contributed by atoms with Gasteiger partial charge in [-0.25, -0.2) is 21.6 Å². The van der Waals surface area contributed by atoms with Gasteiger partial charge in [0.1, 0.15) is 0 Å². The van der Waals surface area contributed by atoms with Gasteiger partial charge in [0.15, 0.2) is 17.5 Å². The largest absolute Gasteiger partial charge is 0.277 e. The molecule has 0 fully saturated rings. The molecule has 0 aliphatic carbocycles. The Labute approximate surface area is 133 Å². The van der Waals surface area contributed by atoms with Gasteiger partial charge >= 0.3 is 0 Å². The first-order valence-corrected chi connectivity index (χ1v) is 8.51. The second kappa shape index (κ2) is 6.62. The summed E-state index contributed by atoms with van der Waals surface area (Å²) in [7, 11) is -4.09. The zero-order valence-corrected chi connectivity index (χ0v) is 13.4. The minimum Gasteiger partial charge on any atom is -0.277 e. The van der Waals surface area contributed by atoms with Crippen molar-refractivity contribution in [1.29, 1.82) is 0 Å². The maximum absolute atomic E-state index is 13.6. The van der Waals surface area contributed by atoms with Crippen LogP contribution in [0.25, 0.3) is 0 Å². The predicted molar refractivity (Wildman–Crippen MR) is 82.3 cm³/mol. The number of rotatable bonds is 5. The number of halogens is 3. The van der Waals surface area contributed by atoms with E-state index in [9.17, 15) is 21.6 Å². The van der Waals surface area contributed by atoms with Crippen LogP contribution in [0.5, 0.6) is 0 Å². The monoisotopic (exact) mass is 343 g/mol. The number of sulfonamides is 1. The van der Waals surface area contributed by atoms with Crippen molar-refractivity contribution in [3.8, 4) is 0 Å². The Balaban J connectivity index is 2.31. The molecule has 0 aromatic heterocycles. The summed E-state index contributed by atoms with van der Waals surface area (Å²) in [4.78, 5) is -0.0892. The number of nitrogens with one attached hydrogen (secondary N) is 1. The molecule has 23 heavy (non-hydrogen) atoms. The lowest BCUT2D eigenvalue weighted by molar-refractivity contribution is 0.449. The first-order valence-electron chi connectivity index (χ1n) is 7.02. The van der Waals surface area contributed by atoms with Crippen LogP contribution in [0.4, 0.5) is 18.9 Å². The second-order valence-corrected chi connectivity index (χ2v) is 6.89. The van der Waals surface area contributed by atoms with Gasteiger partial charge in [-0.05, 0) is 42.2 Å². The first kappa shape index (κ1) is 17.3. The fourth-order valence-corrected chi connectivity index (χ4v) is 3.08. The van der Waals surface area contributed by atoms with Gasteiger partial charge in [-0.15, -0.1) is 0 Å². The molecule has 124 valence electrons. The maximum Gasteiger partial charge on any atom is 0.261 e. The van der Waals surface area contributed by atoms with Crippen LogP contribution in [-0.2, 0) is 10.0 Å². The molecule has 0 saturated heterocycles. The van der Waals surface area contributed by atoms with Crippen molar-refractivity contribution in [2.45, 2.75) is 31.1 Å². The third-order valence-electron chi connectivity index (χ3n) is 3.65. The van der Waals surface area contributed by atoms with Crippen LogP contribution in [-0.4, -0.2) is 8.42 Å². The molecule has 0 aliphatic heterocycles. The fourth-order valence-electron chi connectivity index (χ4n) is 2.02. The molecule has 1 atom stereocenters. The number of hydrogen-bond donors (Lipinski definition) is 1. The Morgan fingerprint density at radius 3 is 2.17 bits per heavy atom. The lowest BCUT2D eigenvalue weighted by atomic mass is 9.99. The molecule has 0 radical (unpaired) electrons. The summed E-state index contributed by atoms with van der Waals surface area (Å²) in [6.45, 7) is 4.03. The summed E-state index contributed by atoms with van der Waals surface area (Å²) in [5.74, 6) is -4.41. The van der Waals surface area contributed by atoms with Crippen molar-refractivity contribution in [1.82, 2.24) is 0 Å². The zero-order chi connectivity index (χ0) is 17.2. The summed E-state index contributed by atoms with van der Waals surface area (Å²) in [5.41, 5.74) is 0.334. The van der Waals surface area contributed by atoms with Crippen molar-refractivity contribution >= 4 is 15.7 Å². The standard InChI is InChI=1S/C16H16F3NO2S/c1-3-10(2)11-4-6-12(7-5-11)23(21,22)20-14-9-8-13(17)15(18)16(14)19/h4-10,20H,3H2,1-2H3/t10-/m1/s1. The normalized spacial score (nSPS) is 12.9. The first-order chi connectivity index (χ1) is 10.8. The summed E-state index contributed by atoms with van der Waals surface area (Å²) >= 11 is 0. The molecule has 0 amide bonds. The Morgan fingerprint density at radius 1 is 1.00 bits per heavy atom. The number of benzene rings is 2. The van der Waals surface area contributed by atoms with E-state index >= 15 is 0 Å². The minimum absolute atomic E-state index is 0.0892. The van der Waals surface area contributed by atoms with Crippen LogP contribution in [0.1, 0.15) is 31.7 Å². The van der Waals surface area contributed by atoms with Gasteiger partial charge in [0.25, 0.3) is 10.0 Å². The highest BCUT2D eigenvalue weighted by molar-refractivity contribution is 7.92. The Hall–Kier alpha value is -2.02. The van der Waals surface area contributed by atoms with Gasteiger partial charge in [0.2, 0.25) is 0 Å². The minimum atomic E-state index is -4.09. The van der Waals surface area contributed by atoms with E-state index in [0.29, 0.717) is 6.07 Å². The van der Waals surface area contributed by atoms with Gasteiger partial charge in [0.05, 0.1) is 10.6 Å².